The first kappa shape index (κ1) is 13.5. The smallest absolute Gasteiger partial charge is 0.135 e. The Kier molecular flexibility index (Phi) is 4.00. The van der Waals surface area contributed by atoms with Crippen LogP contribution in [0.15, 0.2) is 24.3 Å². The Bertz CT molecular complexity index is 338. The molecule has 0 amide bonds. The van der Waals surface area contributed by atoms with E-state index in [4.69, 9.17) is 11.6 Å². The topological polar surface area (TPSA) is 36.8 Å². The van der Waals surface area contributed by atoms with E-state index in [1.807, 2.05) is 31.2 Å². The summed E-state index contributed by atoms with van der Waals surface area (Å²) in [6.45, 7) is 8.86. The van der Waals surface area contributed by atoms with Crippen molar-refractivity contribution in [3.63, 3.8) is 0 Å². The highest BCUT2D eigenvalue weighted by Crippen LogP contribution is 2.20. The zero-order valence-electron chi connectivity index (χ0n) is 10.4. The zero-order valence-corrected chi connectivity index (χ0v) is 11.2. The van der Waals surface area contributed by atoms with Gasteiger partial charge in [0.2, 0.25) is 0 Å². The lowest BCUT2D eigenvalue weighted by Gasteiger charge is -2.26. The Morgan fingerprint density at radius 1 is 1.12 bits per heavy atom. The van der Waals surface area contributed by atoms with Crippen molar-refractivity contribution < 1.29 is 10.4 Å². The van der Waals surface area contributed by atoms with Gasteiger partial charge in [-0.15, -0.1) is 0 Å². The van der Waals surface area contributed by atoms with Gasteiger partial charge >= 0.3 is 0 Å². The van der Waals surface area contributed by atoms with Gasteiger partial charge in [-0.1, -0.05) is 23.7 Å². The number of hydrogen-bond acceptors (Lipinski definition) is 1. The quantitative estimate of drug-likeness (QED) is 0.835. The van der Waals surface area contributed by atoms with Gasteiger partial charge in [0.25, 0.3) is 0 Å². The van der Waals surface area contributed by atoms with Gasteiger partial charge in [-0.25, -0.2) is 0 Å². The van der Waals surface area contributed by atoms with Crippen molar-refractivity contribution >= 4 is 11.6 Å². The minimum absolute atomic E-state index is 0.121. The molecular formula is C13H21ClNO+. The third-order valence-corrected chi connectivity index (χ3v) is 2.83. The summed E-state index contributed by atoms with van der Waals surface area (Å²) in [5.74, 6) is 0. The normalized spacial score (nSPS) is 15.9. The van der Waals surface area contributed by atoms with E-state index in [1.54, 1.807) is 0 Å². The fraction of sp³-hybridized carbons (Fsp3) is 0.538. The van der Waals surface area contributed by atoms with Gasteiger partial charge in [0.15, 0.2) is 0 Å². The molecule has 3 heteroatoms. The molecule has 1 aromatic rings. The van der Waals surface area contributed by atoms with Crippen molar-refractivity contribution in [2.45, 2.75) is 38.8 Å². The second-order valence-corrected chi connectivity index (χ2v) is 5.99. The van der Waals surface area contributed by atoms with Crippen LogP contribution in [0.3, 0.4) is 0 Å². The van der Waals surface area contributed by atoms with E-state index in [1.165, 1.54) is 0 Å². The molecule has 2 nitrogen and oxygen atoms in total. The first-order valence-electron chi connectivity index (χ1n) is 5.53. The van der Waals surface area contributed by atoms with Crippen molar-refractivity contribution in [2.75, 3.05) is 6.54 Å². The van der Waals surface area contributed by atoms with Crippen molar-refractivity contribution in [1.29, 1.82) is 0 Å². The van der Waals surface area contributed by atoms with E-state index in [-0.39, 0.29) is 5.54 Å². The Hall–Kier alpha value is -0.570. The van der Waals surface area contributed by atoms with Gasteiger partial charge in [0.1, 0.15) is 12.1 Å². The summed E-state index contributed by atoms with van der Waals surface area (Å²) < 4.78 is 0. The summed E-state index contributed by atoms with van der Waals surface area (Å²) >= 11 is 5.82. The van der Waals surface area contributed by atoms with E-state index < -0.39 is 5.60 Å². The predicted molar refractivity (Wildman–Crippen MR) is 67.6 cm³/mol. The molecule has 0 bridgehead atoms. The van der Waals surface area contributed by atoms with E-state index in [2.05, 4.69) is 26.1 Å². The fourth-order valence-corrected chi connectivity index (χ4v) is 1.56. The van der Waals surface area contributed by atoms with Crippen LogP contribution in [0, 0.1) is 0 Å². The molecule has 0 aromatic heterocycles. The second kappa shape index (κ2) is 4.74. The molecule has 0 fully saturated rings. The third-order valence-electron chi connectivity index (χ3n) is 2.58. The Morgan fingerprint density at radius 2 is 1.62 bits per heavy atom. The van der Waals surface area contributed by atoms with Crippen molar-refractivity contribution in [2.24, 2.45) is 0 Å². The minimum atomic E-state index is -0.822. The van der Waals surface area contributed by atoms with E-state index >= 15 is 0 Å². The van der Waals surface area contributed by atoms with E-state index in [0.29, 0.717) is 11.6 Å². The maximum atomic E-state index is 10.4. The second-order valence-electron chi connectivity index (χ2n) is 5.56. The summed E-state index contributed by atoms with van der Waals surface area (Å²) in [6.07, 6.45) is 0. The maximum Gasteiger partial charge on any atom is 0.135 e. The molecule has 1 rings (SSSR count). The van der Waals surface area contributed by atoms with Crippen LogP contribution in [0.1, 0.15) is 33.3 Å². The molecule has 0 heterocycles. The van der Waals surface area contributed by atoms with Crippen LogP contribution in [-0.2, 0) is 5.60 Å². The van der Waals surface area contributed by atoms with Crippen LogP contribution < -0.4 is 5.32 Å². The van der Waals surface area contributed by atoms with Gasteiger partial charge in [0, 0.05) is 5.02 Å². The molecule has 0 saturated heterocycles. The molecule has 0 saturated carbocycles. The number of aliphatic hydroxyl groups is 1. The van der Waals surface area contributed by atoms with Crippen molar-refractivity contribution in [3.05, 3.63) is 34.9 Å². The van der Waals surface area contributed by atoms with Crippen LogP contribution in [0.25, 0.3) is 0 Å². The molecule has 0 spiro atoms. The zero-order chi connectivity index (χ0) is 12.4. The Balaban J connectivity index is 2.73. The van der Waals surface area contributed by atoms with Crippen molar-refractivity contribution in [3.8, 4) is 0 Å². The highest BCUT2D eigenvalue weighted by atomic mass is 35.5. The summed E-state index contributed by atoms with van der Waals surface area (Å²) in [7, 11) is 0. The molecule has 1 atom stereocenters. The van der Waals surface area contributed by atoms with Gasteiger partial charge in [-0.2, -0.15) is 0 Å². The molecule has 3 N–H and O–H groups in total. The van der Waals surface area contributed by atoms with Crippen molar-refractivity contribution in [1.82, 2.24) is 0 Å². The molecule has 1 aromatic carbocycles. The molecule has 0 aliphatic rings. The van der Waals surface area contributed by atoms with Crippen LogP contribution in [-0.4, -0.2) is 17.2 Å². The first-order chi connectivity index (χ1) is 7.21. The summed E-state index contributed by atoms with van der Waals surface area (Å²) in [4.78, 5) is 0. The fourth-order valence-electron chi connectivity index (χ4n) is 1.43. The number of benzene rings is 1. The molecule has 0 radical (unpaired) electrons. The number of hydrogen-bond donors (Lipinski definition) is 2. The minimum Gasteiger partial charge on any atom is -0.380 e. The highest BCUT2D eigenvalue weighted by Gasteiger charge is 2.27. The number of quaternary nitrogens is 1. The molecule has 16 heavy (non-hydrogen) atoms. The Morgan fingerprint density at radius 3 is 2.06 bits per heavy atom. The Labute approximate surface area is 103 Å². The standard InChI is InChI=1S/C13H20ClNO/c1-12(2,3)15-9-13(4,16)10-5-7-11(14)8-6-10/h5-8,15-16H,9H2,1-4H3/p+1. The van der Waals surface area contributed by atoms with Crippen LogP contribution in [0.5, 0.6) is 0 Å². The average Bonchev–Trinajstić information content (AvgIpc) is 2.15. The first-order valence-corrected chi connectivity index (χ1v) is 5.91. The molecule has 0 aliphatic heterocycles. The largest absolute Gasteiger partial charge is 0.380 e. The lowest BCUT2D eigenvalue weighted by Crippen LogP contribution is -2.96. The van der Waals surface area contributed by atoms with Gasteiger partial charge in [-0.3, -0.25) is 0 Å². The van der Waals surface area contributed by atoms with E-state index in [9.17, 15) is 5.11 Å². The predicted octanol–water partition coefficient (Wildman–Crippen LogP) is 1.91. The average molecular weight is 243 g/mol. The number of nitrogens with two attached hydrogens (primary N) is 1. The van der Waals surface area contributed by atoms with Crippen LogP contribution in [0.4, 0.5) is 0 Å². The highest BCUT2D eigenvalue weighted by molar-refractivity contribution is 6.30. The lowest BCUT2D eigenvalue weighted by atomic mass is 9.95. The summed E-state index contributed by atoms with van der Waals surface area (Å²) in [5.41, 5.74) is 0.200. The number of rotatable bonds is 3. The summed E-state index contributed by atoms with van der Waals surface area (Å²) in [6, 6.07) is 7.36. The third kappa shape index (κ3) is 4.12. The SMILES string of the molecule is CC(C)(C)[NH2+]CC(C)(O)c1ccc(Cl)cc1. The number of halogens is 1. The molecule has 0 aliphatic carbocycles. The molecule has 90 valence electrons. The monoisotopic (exact) mass is 242 g/mol. The van der Waals surface area contributed by atoms with Crippen LogP contribution in [0.2, 0.25) is 5.02 Å². The van der Waals surface area contributed by atoms with E-state index in [0.717, 1.165) is 5.56 Å². The molecule has 1 unspecified atom stereocenters. The lowest BCUT2D eigenvalue weighted by molar-refractivity contribution is -0.727. The maximum absolute atomic E-state index is 10.4. The summed E-state index contributed by atoms with van der Waals surface area (Å²) in [5, 5.41) is 13.2. The van der Waals surface area contributed by atoms with Gasteiger partial charge in [0.05, 0.1) is 5.54 Å². The van der Waals surface area contributed by atoms with Gasteiger partial charge < -0.3 is 10.4 Å². The van der Waals surface area contributed by atoms with Gasteiger partial charge in [-0.05, 0) is 45.4 Å². The molecular weight excluding hydrogens is 222 g/mol. The van der Waals surface area contributed by atoms with Crippen LogP contribution >= 0.6 is 11.6 Å².